The van der Waals surface area contributed by atoms with Gasteiger partial charge in [0.25, 0.3) is 10.0 Å². The second-order valence-corrected chi connectivity index (χ2v) is 14.3. The molecular formula is C38H33NO10S. The van der Waals surface area contributed by atoms with E-state index in [0.717, 1.165) is 35.4 Å². The van der Waals surface area contributed by atoms with E-state index in [0.29, 0.717) is 22.3 Å². The number of anilines is 1. The lowest BCUT2D eigenvalue weighted by Gasteiger charge is -2.19. The van der Waals surface area contributed by atoms with Gasteiger partial charge in [-0.3, -0.25) is 4.72 Å². The van der Waals surface area contributed by atoms with E-state index in [9.17, 15) is 48.6 Å². The zero-order valence-corrected chi connectivity index (χ0v) is 27.8. The lowest BCUT2D eigenvalue weighted by molar-refractivity contribution is 0.0686. The van der Waals surface area contributed by atoms with E-state index >= 15 is 0 Å². The number of phenolic OH excluding ortho intramolecular Hbond substituents is 4. The fourth-order valence-corrected chi connectivity index (χ4v) is 7.50. The Kier molecular flexibility index (Phi) is 8.66. The van der Waals surface area contributed by atoms with Crippen molar-refractivity contribution in [2.75, 3.05) is 4.72 Å². The number of nitrogens with one attached hydrogen (secondary N) is 1. The summed E-state index contributed by atoms with van der Waals surface area (Å²) in [4.78, 5) is 23.3. The van der Waals surface area contributed by atoms with Gasteiger partial charge in [0.05, 0.1) is 16.0 Å². The van der Waals surface area contributed by atoms with E-state index in [1.807, 2.05) is 13.8 Å². The molecule has 50 heavy (non-hydrogen) atoms. The summed E-state index contributed by atoms with van der Waals surface area (Å²) < 4.78 is 29.3. The summed E-state index contributed by atoms with van der Waals surface area (Å²) in [5.41, 5.74) is 3.94. The van der Waals surface area contributed by atoms with Crippen LogP contribution in [0.5, 0.6) is 23.0 Å². The zero-order chi connectivity index (χ0) is 36.1. The molecule has 0 saturated carbocycles. The van der Waals surface area contributed by atoms with Crippen LogP contribution >= 0.6 is 0 Å². The van der Waals surface area contributed by atoms with E-state index in [1.54, 1.807) is 24.3 Å². The fourth-order valence-electron chi connectivity index (χ4n) is 6.46. The maximum Gasteiger partial charge on any atom is 0.335 e. The first kappa shape index (κ1) is 33.9. The number of fused-ring (bicyclic) bond motifs is 8. The molecule has 0 fully saturated rings. The minimum absolute atomic E-state index is 0.0214. The largest absolute Gasteiger partial charge is 0.507 e. The Hall–Kier alpha value is -6.01. The summed E-state index contributed by atoms with van der Waals surface area (Å²) in [5.74, 6) is -3.11. The van der Waals surface area contributed by atoms with Crippen molar-refractivity contribution in [2.24, 2.45) is 0 Å². The molecule has 256 valence electrons. The van der Waals surface area contributed by atoms with Gasteiger partial charge < -0.3 is 30.6 Å². The quantitative estimate of drug-likeness (QED) is 0.105. The molecule has 7 N–H and O–H groups in total. The zero-order valence-electron chi connectivity index (χ0n) is 27.0. The lowest BCUT2D eigenvalue weighted by Crippen LogP contribution is -2.14. The molecule has 0 atom stereocenters. The fraction of sp³-hybridized carbons (Fsp3) is 0.158. The van der Waals surface area contributed by atoms with Crippen LogP contribution in [-0.2, 0) is 35.7 Å². The molecule has 0 heterocycles. The van der Waals surface area contributed by atoms with Gasteiger partial charge in [0.1, 0.15) is 23.0 Å². The number of carboxylic acid groups (broad SMARTS) is 2. The molecule has 1 aliphatic carbocycles. The van der Waals surface area contributed by atoms with E-state index in [1.165, 1.54) is 24.3 Å². The first-order chi connectivity index (χ1) is 23.6. The molecule has 8 bridgehead atoms. The molecule has 1 aliphatic rings. The third-order valence-electron chi connectivity index (χ3n) is 8.79. The second-order valence-electron chi connectivity index (χ2n) is 12.6. The van der Waals surface area contributed by atoms with Gasteiger partial charge in [0.2, 0.25) is 0 Å². The van der Waals surface area contributed by atoms with Crippen LogP contribution in [0.1, 0.15) is 76.4 Å². The molecule has 0 amide bonds. The standard InChI is InChI=1S/C38H33NO10S/c1-19-7-22-11-23-8-20(2)10-25(34(23)41)13-28-17-31(39-50(48,49)32-5-3-21(4-6-32)37(44)45)18-29(36(28)43)14-27-16-30(38(46)47)15-26(35(27)42)12-24(9-19)33(22)40/h3-10,15-18,39-43H,11-14H2,1-2H3,(H,44,45)(H,46,47). The molecular weight excluding hydrogens is 662 g/mol. The van der Waals surface area contributed by atoms with Crippen molar-refractivity contribution in [3.63, 3.8) is 0 Å². The number of aromatic hydroxyl groups is 4. The van der Waals surface area contributed by atoms with E-state index in [2.05, 4.69) is 4.72 Å². The summed E-state index contributed by atoms with van der Waals surface area (Å²) in [6, 6.07) is 17.0. The second kappa shape index (κ2) is 12.8. The maximum atomic E-state index is 13.4. The van der Waals surface area contributed by atoms with Crippen LogP contribution in [0.25, 0.3) is 0 Å². The Bertz CT molecular complexity index is 2330. The summed E-state index contributed by atoms with van der Waals surface area (Å²) in [5, 5.41) is 65.1. The van der Waals surface area contributed by atoms with Gasteiger partial charge >= 0.3 is 11.9 Å². The van der Waals surface area contributed by atoms with Crippen LogP contribution in [0.2, 0.25) is 0 Å². The summed E-state index contributed by atoms with van der Waals surface area (Å²) >= 11 is 0. The Morgan fingerprint density at radius 3 is 1.18 bits per heavy atom. The number of sulfonamides is 1. The molecule has 0 radical (unpaired) electrons. The average molecular weight is 696 g/mol. The number of rotatable bonds is 5. The first-order valence-corrected chi connectivity index (χ1v) is 17.0. The molecule has 0 unspecified atom stereocenters. The van der Waals surface area contributed by atoms with Crippen LogP contribution in [0.15, 0.2) is 77.7 Å². The van der Waals surface area contributed by atoms with E-state index < -0.39 is 22.0 Å². The number of hydrogen-bond acceptors (Lipinski definition) is 8. The number of benzene rings is 5. The highest BCUT2D eigenvalue weighted by Gasteiger charge is 2.23. The molecule has 0 saturated heterocycles. The summed E-state index contributed by atoms with van der Waals surface area (Å²) in [6.07, 6.45) is -0.189. The summed E-state index contributed by atoms with van der Waals surface area (Å²) in [6.45, 7) is 3.68. The molecule has 0 aliphatic heterocycles. The number of carboxylic acids is 2. The number of hydrogen-bond donors (Lipinski definition) is 7. The van der Waals surface area contributed by atoms with Gasteiger partial charge in [-0.15, -0.1) is 0 Å². The van der Waals surface area contributed by atoms with Gasteiger partial charge in [-0.1, -0.05) is 35.4 Å². The first-order valence-electron chi connectivity index (χ1n) is 15.5. The van der Waals surface area contributed by atoms with Gasteiger partial charge in [-0.05, 0) is 95.8 Å². The Morgan fingerprint density at radius 2 is 0.840 bits per heavy atom. The van der Waals surface area contributed by atoms with E-state index in [-0.39, 0.29) is 92.6 Å². The van der Waals surface area contributed by atoms with Gasteiger partial charge in [0.15, 0.2) is 0 Å². The highest BCUT2D eigenvalue weighted by Crippen LogP contribution is 2.40. The number of aromatic carboxylic acids is 2. The van der Waals surface area contributed by atoms with Gasteiger partial charge in [-0.25, -0.2) is 18.0 Å². The normalized spacial score (nSPS) is 12.7. The molecule has 0 aromatic heterocycles. The Morgan fingerprint density at radius 1 is 0.520 bits per heavy atom. The highest BCUT2D eigenvalue weighted by molar-refractivity contribution is 7.92. The van der Waals surface area contributed by atoms with E-state index in [4.69, 9.17) is 0 Å². The lowest BCUT2D eigenvalue weighted by atomic mass is 9.89. The Balaban J connectivity index is 1.56. The topological polar surface area (TPSA) is 202 Å². The van der Waals surface area contributed by atoms with Crippen molar-refractivity contribution in [1.82, 2.24) is 0 Å². The Labute approximate surface area is 287 Å². The maximum absolute atomic E-state index is 13.4. The van der Waals surface area contributed by atoms with Crippen LogP contribution in [-0.4, -0.2) is 51.0 Å². The van der Waals surface area contributed by atoms with Gasteiger partial charge in [-0.2, -0.15) is 0 Å². The number of aryl methyl sites for hydroxylation is 2. The van der Waals surface area contributed by atoms with Crippen molar-refractivity contribution in [1.29, 1.82) is 0 Å². The van der Waals surface area contributed by atoms with Crippen LogP contribution < -0.4 is 4.72 Å². The third-order valence-corrected chi connectivity index (χ3v) is 10.2. The molecule has 0 spiro atoms. The van der Waals surface area contributed by atoms with Crippen LogP contribution in [0.4, 0.5) is 5.69 Å². The molecule has 11 nitrogen and oxygen atoms in total. The molecule has 12 heteroatoms. The van der Waals surface area contributed by atoms with Crippen molar-refractivity contribution in [2.45, 2.75) is 44.4 Å². The molecule has 5 aromatic rings. The highest BCUT2D eigenvalue weighted by atomic mass is 32.2. The monoisotopic (exact) mass is 695 g/mol. The van der Waals surface area contributed by atoms with Gasteiger partial charge in [0, 0.05) is 42.5 Å². The molecule has 6 rings (SSSR count). The third kappa shape index (κ3) is 6.65. The van der Waals surface area contributed by atoms with Crippen molar-refractivity contribution in [3.05, 3.63) is 140 Å². The van der Waals surface area contributed by atoms with Crippen molar-refractivity contribution < 1.29 is 48.6 Å². The van der Waals surface area contributed by atoms with Crippen LogP contribution in [0, 0.1) is 13.8 Å². The van der Waals surface area contributed by atoms with Crippen molar-refractivity contribution >= 4 is 27.6 Å². The smallest absolute Gasteiger partial charge is 0.335 e. The molecule has 5 aromatic carbocycles. The number of carbonyl (C=O) groups is 2. The van der Waals surface area contributed by atoms with Crippen molar-refractivity contribution in [3.8, 4) is 23.0 Å². The number of phenols is 4. The predicted octanol–water partition coefficient (Wildman–Crippen LogP) is 6.00. The van der Waals surface area contributed by atoms with Crippen LogP contribution in [0.3, 0.4) is 0 Å². The summed E-state index contributed by atoms with van der Waals surface area (Å²) in [7, 11) is -4.27. The minimum Gasteiger partial charge on any atom is -0.507 e. The predicted molar refractivity (Wildman–Crippen MR) is 184 cm³/mol. The minimum atomic E-state index is -4.27. The SMILES string of the molecule is Cc1cc2c(O)c(c1)Cc1cc(NS(=O)(=O)c3ccc(C(=O)O)cc3)cc(c1O)Cc1cc(C(=O)O)cc(c1O)Cc1cc(C)cc(c1O)C2. The average Bonchev–Trinajstić information content (AvgIpc) is 3.04.